The van der Waals surface area contributed by atoms with Crippen LogP contribution < -0.4 is 17.2 Å². The summed E-state index contributed by atoms with van der Waals surface area (Å²) in [5.41, 5.74) is 18.0. The van der Waals surface area contributed by atoms with E-state index in [1.165, 1.54) is 0 Å². The summed E-state index contributed by atoms with van der Waals surface area (Å²) in [6.07, 6.45) is -14.3. The van der Waals surface area contributed by atoms with Crippen molar-refractivity contribution in [2.45, 2.75) is 92.1 Å². The molecule has 0 amide bonds. The van der Waals surface area contributed by atoms with E-state index < -0.39 is 98.9 Å². The number of aliphatic hydroxyl groups excluding tert-OH is 7. The van der Waals surface area contributed by atoms with Crippen LogP contribution in [0.5, 0.6) is 0 Å². The Morgan fingerprint density at radius 2 is 1.10 bits per heavy atom. The molecule has 3 aliphatic rings. The molecule has 13 N–H and O–H groups in total. The molecule has 14 heteroatoms. The molecule has 182 valence electrons. The number of ether oxygens (including phenoxy) is 4. The first kappa shape index (κ1) is 25.1. The van der Waals surface area contributed by atoms with Gasteiger partial charge in [-0.25, -0.2) is 0 Å². The van der Waals surface area contributed by atoms with E-state index in [4.69, 9.17) is 36.1 Å². The van der Waals surface area contributed by atoms with Crippen LogP contribution in [0.1, 0.15) is 6.42 Å². The molecular weight excluding hydrogens is 422 g/mol. The molecule has 0 aromatic heterocycles. The van der Waals surface area contributed by atoms with E-state index >= 15 is 0 Å². The number of nitrogens with two attached hydrogens (primary N) is 3. The summed E-state index contributed by atoms with van der Waals surface area (Å²) in [7, 11) is 0. The van der Waals surface area contributed by atoms with Crippen LogP contribution in [0, 0.1) is 0 Å². The fourth-order valence-electron chi connectivity index (χ4n) is 4.15. The average molecular weight is 455 g/mol. The molecule has 3 rings (SSSR count). The lowest BCUT2D eigenvalue weighted by Gasteiger charge is -2.46. The van der Waals surface area contributed by atoms with Crippen LogP contribution in [-0.4, -0.2) is 135 Å². The Labute approximate surface area is 178 Å². The molecule has 2 heterocycles. The molecule has 7 unspecified atom stereocenters. The highest BCUT2D eigenvalue weighted by molar-refractivity contribution is 5.01. The van der Waals surface area contributed by atoms with Crippen molar-refractivity contribution >= 4 is 0 Å². The summed E-state index contributed by atoms with van der Waals surface area (Å²) >= 11 is 0. The van der Waals surface area contributed by atoms with Gasteiger partial charge in [-0.05, 0) is 6.42 Å². The largest absolute Gasteiger partial charge is 0.394 e. The zero-order chi connectivity index (χ0) is 23.0. The fraction of sp³-hybridized carbons (Fsp3) is 1.00. The van der Waals surface area contributed by atoms with Crippen molar-refractivity contribution in [1.29, 1.82) is 0 Å². The van der Waals surface area contributed by atoms with E-state index in [1.54, 1.807) is 0 Å². The van der Waals surface area contributed by atoms with Gasteiger partial charge in [0.05, 0.1) is 19.3 Å². The van der Waals surface area contributed by atoms with Crippen LogP contribution in [0.2, 0.25) is 0 Å². The summed E-state index contributed by atoms with van der Waals surface area (Å²) in [4.78, 5) is 0. The first-order valence-corrected chi connectivity index (χ1v) is 10.1. The second-order valence-corrected chi connectivity index (χ2v) is 8.25. The molecule has 0 bridgehead atoms. The zero-order valence-corrected chi connectivity index (χ0v) is 16.7. The van der Waals surface area contributed by atoms with Crippen molar-refractivity contribution in [3.05, 3.63) is 0 Å². The maximum atomic E-state index is 10.8. The molecule has 1 aliphatic carbocycles. The molecule has 2 saturated heterocycles. The lowest BCUT2D eigenvalue weighted by atomic mass is 9.84. The molecular formula is C17H33N3O11. The Bertz CT molecular complexity index is 590. The van der Waals surface area contributed by atoms with Crippen LogP contribution in [-0.2, 0) is 18.9 Å². The minimum Gasteiger partial charge on any atom is -0.394 e. The van der Waals surface area contributed by atoms with E-state index in [0.717, 1.165) is 0 Å². The smallest absolute Gasteiger partial charge is 0.187 e. The predicted octanol–water partition coefficient (Wildman–Crippen LogP) is -6.62. The van der Waals surface area contributed by atoms with Crippen LogP contribution in [0.15, 0.2) is 0 Å². The van der Waals surface area contributed by atoms with Gasteiger partial charge in [0.2, 0.25) is 0 Å². The minimum atomic E-state index is -1.48. The van der Waals surface area contributed by atoms with Gasteiger partial charge in [0.1, 0.15) is 54.9 Å². The number of hydrogen-bond acceptors (Lipinski definition) is 14. The second kappa shape index (κ2) is 10.1. The van der Waals surface area contributed by atoms with Gasteiger partial charge in [-0.1, -0.05) is 0 Å². The Balaban J connectivity index is 1.70. The molecule has 1 saturated carbocycles. The molecule has 14 nitrogen and oxygen atoms in total. The maximum Gasteiger partial charge on any atom is 0.187 e. The molecule has 31 heavy (non-hydrogen) atoms. The zero-order valence-electron chi connectivity index (χ0n) is 16.7. The van der Waals surface area contributed by atoms with Gasteiger partial charge in [0.15, 0.2) is 12.6 Å². The maximum absolute atomic E-state index is 10.8. The highest BCUT2D eigenvalue weighted by atomic mass is 16.7. The number of rotatable bonds is 6. The molecule has 0 spiro atoms. The third-order valence-corrected chi connectivity index (χ3v) is 6.07. The van der Waals surface area contributed by atoms with E-state index in [1.807, 2.05) is 0 Å². The SMILES string of the molecule is NC1CC(N)[C@@H](O[C@H]2OC(CO)[C@@H](O)C(O)[C@@H]2N)C(O)[C@@H]1O[C@@H]1O[C@H](CO)C(O)C1O. The fourth-order valence-corrected chi connectivity index (χ4v) is 4.15. The van der Waals surface area contributed by atoms with Crippen molar-refractivity contribution < 1.29 is 54.7 Å². The molecule has 14 atom stereocenters. The van der Waals surface area contributed by atoms with Gasteiger partial charge < -0.3 is 71.9 Å². The molecule has 0 radical (unpaired) electrons. The van der Waals surface area contributed by atoms with E-state index in [2.05, 4.69) is 0 Å². The average Bonchev–Trinajstić information content (AvgIpc) is 3.01. The quantitative estimate of drug-likeness (QED) is 0.179. The Morgan fingerprint density at radius 1 is 0.645 bits per heavy atom. The van der Waals surface area contributed by atoms with Gasteiger partial charge >= 0.3 is 0 Å². The van der Waals surface area contributed by atoms with Gasteiger partial charge in [-0.2, -0.15) is 0 Å². The lowest BCUT2D eigenvalue weighted by Crippen LogP contribution is -2.67. The van der Waals surface area contributed by atoms with Crippen LogP contribution in [0.3, 0.4) is 0 Å². The summed E-state index contributed by atoms with van der Waals surface area (Å²) in [5, 5.41) is 69.3. The van der Waals surface area contributed by atoms with Crippen LogP contribution in [0.25, 0.3) is 0 Å². The summed E-state index contributed by atoms with van der Waals surface area (Å²) < 4.78 is 22.0. The van der Waals surface area contributed by atoms with Crippen molar-refractivity contribution in [3.8, 4) is 0 Å². The summed E-state index contributed by atoms with van der Waals surface area (Å²) in [6, 6.07) is -2.78. The second-order valence-electron chi connectivity index (χ2n) is 8.25. The third-order valence-electron chi connectivity index (χ3n) is 6.07. The molecule has 0 aromatic rings. The molecule has 2 aliphatic heterocycles. The van der Waals surface area contributed by atoms with E-state index in [-0.39, 0.29) is 6.42 Å². The van der Waals surface area contributed by atoms with Gasteiger partial charge in [0, 0.05) is 12.1 Å². The standard InChI is InChI=1S/C17H33N3O11/c18-4-1-5(19)15(31-17-12(26)10(24)7(3-22)29-17)13(27)14(4)30-16-8(20)11(25)9(23)6(2-21)28-16/h4-17,21-27H,1-3,18-20H2/t4?,5?,6?,7-,8+,9-,10?,11?,12?,13?,14-,15-,16-,17+/m1/s1. The monoisotopic (exact) mass is 455 g/mol. The Hall–Kier alpha value is -0.560. The van der Waals surface area contributed by atoms with Crippen LogP contribution in [0.4, 0.5) is 0 Å². The Kier molecular flexibility index (Phi) is 8.21. The van der Waals surface area contributed by atoms with Crippen molar-refractivity contribution in [2.75, 3.05) is 13.2 Å². The lowest BCUT2D eigenvalue weighted by molar-refractivity contribution is -0.302. The first-order valence-electron chi connectivity index (χ1n) is 10.1. The minimum absolute atomic E-state index is 0.123. The highest BCUT2D eigenvalue weighted by Gasteiger charge is 2.51. The number of hydrogen-bond donors (Lipinski definition) is 10. The summed E-state index contributed by atoms with van der Waals surface area (Å²) in [5.74, 6) is 0. The van der Waals surface area contributed by atoms with Crippen molar-refractivity contribution in [3.63, 3.8) is 0 Å². The van der Waals surface area contributed by atoms with E-state index in [0.29, 0.717) is 0 Å². The normalized spacial score (nSPS) is 53.6. The van der Waals surface area contributed by atoms with Crippen LogP contribution >= 0.6 is 0 Å². The Morgan fingerprint density at radius 3 is 1.61 bits per heavy atom. The molecule has 3 fully saturated rings. The topological polar surface area (TPSA) is 257 Å². The third kappa shape index (κ3) is 4.87. The van der Waals surface area contributed by atoms with E-state index in [9.17, 15) is 35.7 Å². The van der Waals surface area contributed by atoms with Crippen molar-refractivity contribution in [2.24, 2.45) is 17.2 Å². The number of aliphatic hydroxyl groups is 7. The van der Waals surface area contributed by atoms with Crippen molar-refractivity contribution in [1.82, 2.24) is 0 Å². The van der Waals surface area contributed by atoms with Gasteiger partial charge in [0.25, 0.3) is 0 Å². The first-order chi connectivity index (χ1) is 14.6. The van der Waals surface area contributed by atoms with Gasteiger partial charge in [-0.15, -0.1) is 0 Å². The highest BCUT2D eigenvalue weighted by Crippen LogP contribution is 2.31. The summed E-state index contributed by atoms with van der Waals surface area (Å²) in [6.45, 7) is -1.16. The molecule has 0 aromatic carbocycles. The predicted molar refractivity (Wildman–Crippen MR) is 99.8 cm³/mol. The van der Waals surface area contributed by atoms with Gasteiger partial charge in [-0.3, -0.25) is 0 Å².